The van der Waals surface area contributed by atoms with Gasteiger partial charge in [-0.05, 0) is 36.8 Å². The molecule has 0 heterocycles. The van der Waals surface area contributed by atoms with E-state index >= 15 is 0 Å². The van der Waals surface area contributed by atoms with Crippen LogP contribution >= 0.6 is 0 Å². The number of rotatable bonds is 5. The molecule has 0 amide bonds. The molecule has 3 nitrogen and oxygen atoms in total. The van der Waals surface area contributed by atoms with E-state index in [0.29, 0.717) is 18.7 Å². The Morgan fingerprint density at radius 2 is 1.95 bits per heavy atom. The van der Waals surface area contributed by atoms with E-state index in [1.807, 2.05) is 30.0 Å². The lowest BCUT2D eigenvalue weighted by Crippen LogP contribution is -2.23. The van der Waals surface area contributed by atoms with Crippen LogP contribution in [0.1, 0.15) is 22.8 Å². The molecule has 0 spiro atoms. The van der Waals surface area contributed by atoms with Gasteiger partial charge in [-0.1, -0.05) is 24.3 Å². The fourth-order valence-corrected chi connectivity index (χ4v) is 2.23. The lowest BCUT2D eigenvalue weighted by molar-refractivity contribution is 0.0599. The predicted octanol–water partition coefficient (Wildman–Crippen LogP) is 3.64. The molecule has 110 valence electrons. The summed E-state index contributed by atoms with van der Waals surface area (Å²) >= 11 is 0. The third kappa shape index (κ3) is 3.60. The molecule has 4 heteroatoms. The average molecular weight is 287 g/mol. The zero-order chi connectivity index (χ0) is 15.2. The second-order valence-corrected chi connectivity index (χ2v) is 4.64. The maximum atomic E-state index is 13.4. The van der Waals surface area contributed by atoms with Crippen molar-refractivity contribution in [3.05, 3.63) is 65.5 Å². The quantitative estimate of drug-likeness (QED) is 0.786. The SMILES string of the molecule is CCN(Cc1ccccc1C(=O)OC)c1cccc(F)c1. The molecule has 2 rings (SSSR count). The Hall–Kier alpha value is -2.36. The first kappa shape index (κ1) is 15.0. The lowest BCUT2D eigenvalue weighted by atomic mass is 10.1. The Labute approximate surface area is 124 Å². The molecule has 0 aliphatic heterocycles. The number of hydrogen-bond acceptors (Lipinski definition) is 3. The van der Waals surface area contributed by atoms with Crippen LogP contribution in [0.15, 0.2) is 48.5 Å². The van der Waals surface area contributed by atoms with Gasteiger partial charge in [-0.3, -0.25) is 0 Å². The lowest BCUT2D eigenvalue weighted by Gasteiger charge is -2.24. The molecular weight excluding hydrogens is 269 g/mol. The number of carbonyl (C=O) groups is 1. The third-order valence-corrected chi connectivity index (χ3v) is 3.34. The topological polar surface area (TPSA) is 29.5 Å². The number of benzene rings is 2. The molecule has 0 aromatic heterocycles. The number of ether oxygens (including phenoxy) is 1. The van der Waals surface area contributed by atoms with Crippen molar-refractivity contribution < 1.29 is 13.9 Å². The second kappa shape index (κ2) is 6.88. The summed E-state index contributed by atoms with van der Waals surface area (Å²) in [5, 5.41) is 0. The molecule has 0 aliphatic carbocycles. The summed E-state index contributed by atoms with van der Waals surface area (Å²) < 4.78 is 18.2. The molecule has 0 N–H and O–H groups in total. The fraction of sp³-hybridized carbons (Fsp3) is 0.235. The number of halogens is 1. The van der Waals surface area contributed by atoms with Crippen molar-refractivity contribution in [2.75, 3.05) is 18.6 Å². The minimum atomic E-state index is -0.360. The van der Waals surface area contributed by atoms with E-state index in [0.717, 1.165) is 11.3 Å². The first-order valence-corrected chi connectivity index (χ1v) is 6.82. The van der Waals surface area contributed by atoms with Gasteiger partial charge in [0.1, 0.15) is 5.82 Å². The maximum absolute atomic E-state index is 13.4. The van der Waals surface area contributed by atoms with Crippen LogP contribution in [0.5, 0.6) is 0 Å². The number of esters is 1. The first-order chi connectivity index (χ1) is 10.2. The summed E-state index contributed by atoms with van der Waals surface area (Å²) in [6, 6.07) is 13.7. The zero-order valence-electron chi connectivity index (χ0n) is 12.2. The Bertz CT molecular complexity index is 628. The highest BCUT2D eigenvalue weighted by atomic mass is 19.1. The molecule has 0 saturated carbocycles. The minimum Gasteiger partial charge on any atom is -0.465 e. The van der Waals surface area contributed by atoms with Crippen molar-refractivity contribution in [2.24, 2.45) is 0 Å². The highest BCUT2D eigenvalue weighted by molar-refractivity contribution is 5.91. The summed E-state index contributed by atoms with van der Waals surface area (Å²) in [6.07, 6.45) is 0. The van der Waals surface area contributed by atoms with Crippen LogP contribution in [0.25, 0.3) is 0 Å². The second-order valence-electron chi connectivity index (χ2n) is 4.64. The molecule has 0 atom stereocenters. The summed E-state index contributed by atoms with van der Waals surface area (Å²) in [5.41, 5.74) is 2.18. The standard InChI is InChI=1S/C17H18FNO2/c1-3-19(15-9-6-8-14(18)11-15)12-13-7-4-5-10-16(13)17(20)21-2/h4-11H,3,12H2,1-2H3. The van der Waals surface area contributed by atoms with Crippen LogP contribution in [0.4, 0.5) is 10.1 Å². The average Bonchev–Trinajstić information content (AvgIpc) is 2.52. The third-order valence-electron chi connectivity index (χ3n) is 3.34. The zero-order valence-corrected chi connectivity index (χ0v) is 12.2. The van der Waals surface area contributed by atoms with Gasteiger partial charge < -0.3 is 9.64 Å². The van der Waals surface area contributed by atoms with E-state index in [2.05, 4.69) is 0 Å². The van der Waals surface area contributed by atoms with E-state index in [1.54, 1.807) is 18.2 Å². The minimum absolute atomic E-state index is 0.271. The van der Waals surface area contributed by atoms with Crippen molar-refractivity contribution in [3.63, 3.8) is 0 Å². The predicted molar refractivity (Wildman–Crippen MR) is 80.9 cm³/mol. The monoisotopic (exact) mass is 287 g/mol. The van der Waals surface area contributed by atoms with E-state index in [-0.39, 0.29) is 11.8 Å². The van der Waals surface area contributed by atoms with Crippen molar-refractivity contribution in [1.82, 2.24) is 0 Å². The van der Waals surface area contributed by atoms with Gasteiger partial charge in [0.2, 0.25) is 0 Å². The van der Waals surface area contributed by atoms with Crippen molar-refractivity contribution in [2.45, 2.75) is 13.5 Å². The summed E-state index contributed by atoms with van der Waals surface area (Å²) in [5.74, 6) is -0.631. The molecule has 0 fully saturated rings. The van der Waals surface area contributed by atoms with Crippen molar-refractivity contribution in [1.29, 1.82) is 0 Å². The first-order valence-electron chi connectivity index (χ1n) is 6.82. The van der Waals surface area contributed by atoms with Gasteiger partial charge in [0.15, 0.2) is 0 Å². The largest absolute Gasteiger partial charge is 0.465 e. The Kier molecular flexibility index (Phi) is 4.93. The molecule has 21 heavy (non-hydrogen) atoms. The summed E-state index contributed by atoms with van der Waals surface area (Å²) in [4.78, 5) is 13.8. The normalized spacial score (nSPS) is 10.2. The van der Waals surface area contributed by atoms with Crippen LogP contribution in [-0.2, 0) is 11.3 Å². The van der Waals surface area contributed by atoms with Crippen molar-refractivity contribution in [3.8, 4) is 0 Å². The van der Waals surface area contributed by atoms with E-state index in [9.17, 15) is 9.18 Å². The van der Waals surface area contributed by atoms with Gasteiger partial charge in [0.05, 0.1) is 12.7 Å². The van der Waals surface area contributed by atoms with Gasteiger partial charge in [-0.2, -0.15) is 0 Å². The maximum Gasteiger partial charge on any atom is 0.338 e. The van der Waals surface area contributed by atoms with Crippen LogP contribution in [0.2, 0.25) is 0 Å². The fourth-order valence-electron chi connectivity index (χ4n) is 2.23. The summed E-state index contributed by atoms with van der Waals surface area (Å²) in [7, 11) is 1.36. The number of nitrogens with zero attached hydrogens (tertiary/aromatic N) is 1. The van der Waals surface area contributed by atoms with Crippen LogP contribution < -0.4 is 4.90 Å². The van der Waals surface area contributed by atoms with Gasteiger partial charge in [-0.15, -0.1) is 0 Å². The molecule has 0 saturated heterocycles. The molecule has 2 aromatic carbocycles. The molecule has 0 bridgehead atoms. The number of carbonyl (C=O) groups excluding carboxylic acids is 1. The van der Waals surface area contributed by atoms with Crippen LogP contribution in [0.3, 0.4) is 0 Å². The highest BCUT2D eigenvalue weighted by Gasteiger charge is 2.14. The van der Waals surface area contributed by atoms with Gasteiger partial charge in [0.25, 0.3) is 0 Å². The molecule has 0 aliphatic rings. The Balaban J connectivity index is 2.29. The van der Waals surface area contributed by atoms with Gasteiger partial charge in [0, 0.05) is 18.8 Å². The molecular formula is C17H18FNO2. The summed E-state index contributed by atoms with van der Waals surface area (Å²) in [6.45, 7) is 3.22. The van der Waals surface area contributed by atoms with Crippen LogP contribution in [0, 0.1) is 5.82 Å². The Morgan fingerprint density at radius 1 is 1.19 bits per heavy atom. The van der Waals surface area contributed by atoms with E-state index < -0.39 is 0 Å². The van der Waals surface area contributed by atoms with E-state index in [4.69, 9.17) is 4.74 Å². The Morgan fingerprint density at radius 3 is 2.62 bits per heavy atom. The molecule has 0 unspecified atom stereocenters. The van der Waals surface area contributed by atoms with Gasteiger partial charge in [-0.25, -0.2) is 9.18 Å². The van der Waals surface area contributed by atoms with E-state index in [1.165, 1.54) is 19.2 Å². The number of methoxy groups -OCH3 is 1. The number of anilines is 1. The highest BCUT2D eigenvalue weighted by Crippen LogP contribution is 2.20. The number of hydrogen-bond donors (Lipinski definition) is 0. The van der Waals surface area contributed by atoms with Crippen LogP contribution in [-0.4, -0.2) is 19.6 Å². The molecule has 2 aromatic rings. The van der Waals surface area contributed by atoms with Crippen molar-refractivity contribution >= 4 is 11.7 Å². The van der Waals surface area contributed by atoms with Gasteiger partial charge >= 0.3 is 5.97 Å². The molecule has 0 radical (unpaired) electrons. The smallest absolute Gasteiger partial charge is 0.338 e.